The maximum absolute atomic E-state index is 14.1. The number of nitrogens with two attached hydrogens (primary N) is 1. The lowest BCUT2D eigenvalue weighted by Crippen LogP contribution is -2.50. The number of hydrogen-bond donors (Lipinski definition) is 1. The van der Waals surface area contributed by atoms with Crippen molar-refractivity contribution in [2.24, 2.45) is 5.73 Å². The van der Waals surface area contributed by atoms with Crippen LogP contribution < -0.4 is 10.6 Å². The summed E-state index contributed by atoms with van der Waals surface area (Å²) in [5.41, 5.74) is 7.12. The predicted molar refractivity (Wildman–Crippen MR) is 71.1 cm³/mol. The van der Waals surface area contributed by atoms with Crippen molar-refractivity contribution < 1.29 is 4.39 Å². The maximum Gasteiger partial charge on any atom is 0.146 e. The first-order chi connectivity index (χ1) is 8.78. The quantitative estimate of drug-likeness (QED) is 0.863. The summed E-state index contributed by atoms with van der Waals surface area (Å²) in [5, 5.41) is 0. The number of piperazine rings is 1. The smallest absolute Gasteiger partial charge is 0.146 e. The predicted octanol–water partition coefficient (Wildman–Crippen LogP) is 1.57. The number of anilines is 1. The van der Waals surface area contributed by atoms with Gasteiger partial charge in [0.05, 0.1) is 5.69 Å². The summed E-state index contributed by atoms with van der Waals surface area (Å²) in [6.45, 7) is 4.55. The van der Waals surface area contributed by atoms with Gasteiger partial charge in [-0.2, -0.15) is 0 Å². The highest BCUT2D eigenvalue weighted by molar-refractivity contribution is 5.50. The first-order valence-corrected chi connectivity index (χ1v) is 6.75. The molecule has 18 heavy (non-hydrogen) atoms. The summed E-state index contributed by atoms with van der Waals surface area (Å²) in [7, 11) is 0. The van der Waals surface area contributed by atoms with E-state index in [-0.39, 0.29) is 5.82 Å². The normalized spacial score (nSPS) is 24.3. The third-order valence-electron chi connectivity index (χ3n) is 4.18. The zero-order chi connectivity index (χ0) is 12.5. The van der Waals surface area contributed by atoms with Crippen LogP contribution in [0.1, 0.15) is 18.4 Å². The zero-order valence-corrected chi connectivity index (χ0v) is 10.6. The van der Waals surface area contributed by atoms with Gasteiger partial charge in [0.2, 0.25) is 0 Å². The third kappa shape index (κ3) is 2.10. The molecule has 1 unspecified atom stereocenters. The van der Waals surface area contributed by atoms with Crippen molar-refractivity contribution >= 4 is 5.69 Å². The molecule has 0 spiro atoms. The topological polar surface area (TPSA) is 32.5 Å². The number of rotatable bonds is 2. The molecular weight excluding hydrogens is 229 g/mol. The average Bonchev–Trinajstić information content (AvgIpc) is 2.85. The lowest BCUT2D eigenvalue weighted by Gasteiger charge is -2.39. The van der Waals surface area contributed by atoms with E-state index in [4.69, 9.17) is 5.73 Å². The van der Waals surface area contributed by atoms with E-state index in [2.05, 4.69) is 9.80 Å². The molecule has 1 aromatic carbocycles. The number of halogens is 1. The van der Waals surface area contributed by atoms with Crippen molar-refractivity contribution in [3.8, 4) is 0 Å². The molecule has 0 saturated carbocycles. The SMILES string of the molecule is NCc1ccc(N2CCN3CCCC3C2)c(F)c1. The molecule has 0 amide bonds. The molecule has 4 heteroatoms. The van der Waals surface area contributed by atoms with Crippen LogP contribution in [0.15, 0.2) is 18.2 Å². The zero-order valence-electron chi connectivity index (χ0n) is 10.6. The monoisotopic (exact) mass is 249 g/mol. The second-order valence-corrected chi connectivity index (χ2v) is 5.27. The van der Waals surface area contributed by atoms with Crippen molar-refractivity contribution in [3.63, 3.8) is 0 Å². The van der Waals surface area contributed by atoms with E-state index in [0.29, 0.717) is 12.6 Å². The molecule has 0 bridgehead atoms. The van der Waals surface area contributed by atoms with Crippen LogP contribution in [0.2, 0.25) is 0 Å². The highest BCUT2D eigenvalue weighted by Crippen LogP contribution is 2.27. The van der Waals surface area contributed by atoms with E-state index >= 15 is 0 Å². The molecule has 2 N–H and O–H groups in total. The van der Waals surface area contributed by atoms with Gasteiger partial charge in [0, 0.05) is 32.2 Å². The van der Waals surface area contributed by atoms with Gasteiger partial charge in [-0.25, -0.2) is 4.39 Å². The minimum Gasteiger partial charge on any atom is -0.366 e. The third-order valence-corrected chi connectivity index (χ3v) is 4.18. The molecule has 0 radical (unpaired) electrons. The van der Waals surface area contributed by atoms with Crippen molar-refractivity contribution in [1.82, 2.24) is 4.90 Å². The first kappa shape index (κ1) is 11.9. The van der Waals surface area contributed by atoms with Crippen LogP contribution in [-0.4, -0.2) is 37.1 Å². The molecule has 1 aromatic rings. The lowest BCUT2D eigenvalue weighted by molar-refractivity contribution is 0.230. The van der Waals surface area contributed by atoms with Crippen molar-refractivity contribution in [3.05, 3.63) is 29.6 Å². The minimum absolute atomic E-state index is 0.135. The lowest BCUT2D eigenvalue weighted by atomic mass is 10.1. The highest BCUT2D eigenvalue weighted by Gasteiger charge is 2.31. The minimum atomic E-state index is -0.135. The number of hydrogen-bond acceptors (Lipinski definition) is 3. The Labute approximate surface area is 107 Å². The summed E-state index contributed by atoms with van der Waals surface area (Å²) in [6.07, 6.45) is 2.53. The van der Waals surface area contributed by atoms with Gasteiger partial charge < -0.3 is 10.6 Å². The van der Waals surface area contributed by atoms with Crippen LogP contribution in [0.3, 0.4) is 0 Å². The largest absolute Gasteiger partial charge is 0.366 e. The number of nitrogens with zero attached hydrogens (tertiary/aromatic N) is 2. The summed E-state index contributed by atoms with van der Waals surface area (Å²) in [6, 6.07) is 5.99. The Balaban J connectivity index is 1.78. The molecule has 0 aliphatic carbocycles. The molecule has 98 valence electrons. The van der Waals surface area contributed by atoms with E-state index in [1.165, 1.54) is 19.4 Å². The Morgan fingerprint density at radius 3 is 2.94 bits per heavy atom. The van der Waals surface area contributed by atoms with E-state index in [0.717, 1.165) is 30.9 Å². The summed E-state index contributed by atoms with van der Waals surface area (Å²) >= 11 is 0. The molecule has 3 nitrogen and oxygen atoms in total. The van der Waals surface area contributed by atoms with Crippen LogP contribution in [0.25, 0.3) is 0 Å². The van der Waals surface area contributed by atoms with Gasteiger partial charge in [-0.05, 0) is 37.1 Å². The van der Waals surface area contributed by atoms with Crippen LogP contribution in [0.4, 0.5) is 10.1 Å². The van der Waals surface area contributed by atoms with Crippen molar-refractivity contribution in [2.75, 3.05) is 31.1 Å². The van der Waals surface area contributed by atoms with Gasteiger partial charge in [-0.15, -0.1) is 0 Å². The highest BCUT2D eigenvalue weighted by atomic mass is 19.1. The Morgan fingerprint density at radius 2 is 2.17 bits per heavy atom. The fourth-order valence-corrected chi connectivity index (χ4v) is 3.14. The molecule has 2 saturated heterocycles. The van der Waals surface area contributed by atoms with E-state index in [1.54, 1.807) is 6.07 Å². The molecule has 2 aliphatic rings. The average molecular weight is 249 g/mol. The summed E-state index contributed by atoms with van der Waals surface area (Å²) in [5.74, 6) is -0.135. The molecule has 2 fully saturated rings. The van der Waals surface area contributed by atoms with Gasteiger partial charge in [0.15, 0.2) is 0 Å². The Bertz CT molecular complexity index is 435. The Kier molecular flexibility index (Phi) is 3.22. The summed E-state index contributed by atoms with van der Waals surface area (Å²) < 4.78 is 14.1. The van der Waals surface area contributed by atoms with Gasteiger partial charge in [-0.1, -0.05) is 6.07 Å². The standard InChI is InChI=1S/C14H20FN3/c15-13-8-11(9-16)3-4-14(13)18-7-6-17-5-1-2-12(17)10-18/h3-4,8,12H,1-2,5-7,9-10,16H2. The van der Waals surface area contributed by atoms with Crippen LogP contribution in [0, 0.1) is 5.82 Å². The molecular formula is C14H20FN3. The molecule has 0 aromatic heterocycles. The maximum atomic E-state index is 14.1. The van der Waals surface area contributed by atoms with Crippen molar-refractivity contribution in [1.29, 1.82) is 0 Å². The van der Waals surface area contributed by atoms with Crippen LogP contribution >= 0.6 is 0 Å². The van der Waals surface area contributed by atoms with E-state index in [1.807, 2.05) is 12.1 Å². The van der Waals surface area contributed by atoms with Gasteiger partial charge in [0.1, 0.15) is 5.82 Å². The summed E-state index contributed by atoms with van der Waals surface area (Å²) in [4.78, 5) is 4.71. The Hall–Kier alpha value is -1.13. The first-order valence-electron chi connectivity index (χ1n) is 6.75. The van der Waals surface area contributed by atoms with Gasteiger partial charge in [-0.3, -0.25) is 4.90 Å². The second kappa shape index (κ2) is 4.86. The molecule has 3 rings (SSSR count). The molecule has 2 aliphatic heterocycles. The van der Waals surface area contributed by atoms with Gasteiger partial charge >= 0.3 is 0 Å². The van der Waals surface area contributed by atoms with E-state index in [9.17, 15) is 4.39 Å². The fourth-order valence-electron chi connectivity index (χ4n) is 3.14. The molecule has 2 heterocycles. The van der Waals surface area contributed by atoms with Crippen LogP contribution in [0.5, 0.6) is 0 Å². The number of benzene rings is 1. The second-order valence-electron chi connectivity index (χ2n) is 5.27. The van der Waals surface area contributed by atoms with Crippen molar-refractivity contribution in [2.45, 2.75) is 25.4 Å². The number of fused-ring (bicyclic) bond motifs is 1. The fraction of sp³-hybridized carbons (Fsp3) is 0.571. The van der Waals surface area contributed by atoms with E-state index < -0.39 is 0 Å². The van der Waals surface area contributed by atoms with Gasteiger partial charge in [0.25, 0.3) is 0 Å². The van der Waals surface area contributed by atoms with Crippen LogP contribution in [-0.2, 0) is 6.54 Å². The molecule has 1 atom stereocenters. The Morgan fingerprint density at radius 1 is 1.28 bits per heavy atom.